The Morgan fingerprint density at radius 1 is 0.447 bits per heavy atom. The Kier molecular flexibility index (Phi) is 5.66. The van der Waals surface area contributed by atoms with Crippen LogP contribution in [0.5, 0.6) is 0 Å². The van der Waals surface area contributed by atoms with Gasteiger partial charge in [0.1, 0.15) is 0 Å². The summed E-state index contributed by atoms with van der Waals surface area (Å²) in [5, 5.41) is 5.04. The van der Waals surface area contributed by atoms with E-state index in [0.717, 1.165) is 16.7 Å². The largest absolute Gasteiger partial charge is 0.208 e. The lowest BCUT2D eigenvalue weighted by atomic mass is 9.82. The number of hydrogen-bond acceptors (Lipinski definition) is 5. The molecular formula is C42H27N3S2. The zero-order valence-electron chi connectivity index (χ0n) is 25.8. The predicted octanol–water partition coefficient (Wildman–Crippen LogP) is 11.9. The van der Waals surface area contributed by atoms with Crippen molar-refractivity contribution in [1.82, 2.24) is 15.0 Å². The Balaban J connectivity index is 1.25. The van der Waals surface area contributed by atoms with Crippen molar-refractivity contribution in [1.29, 1.82) is 0 Å². The molecule has 0 fully saturated rings. The Morgan fingerprint density at radius 2 is 1.02 bits per heavy atom. The van der Waals surface area contributed by atoms with Crippen molar-refractivity contribution >= 4 is 63.0 Å². The lowest BCUT2D eigenvalue weighted by Gasteiger charge is -2.21. The van der Waals surface area contributed by atoms with Gasteiger partial charge in [-0.1, -0.05) is 117 Å². The van der Waals surface area contributed by atoms with Crippen molar-refractivity contribution in [3.63, 3.8) is 0 Å². The van der Waals surface area contributed by atoms with Gasteiger partial charge in [0.25, 0.3) is 0 Å². The predicted molar refractivity (Wildman–Crippen MR) is 199 cm³/mol. The summed E-state index contributed by atoms with van der Waals surface area (Å²) < 4.78 is 4.98. The third-order valence-electron chi connectivity index (χ3n) is 9.77. The molecule has 0 aliphatic heterocycles. The van der Waals surface area contributed by atoms with Crippen molar-refractivity contribution in [2.75, 3.05) is 0 Å². The van der Waals surface area contributed by atoms with Crippen LogP contribution in [0.15, 0.2) is 127 Å². The first-order valence-corrected chi connectivity index (χ1v) is 17.5. The van der Waals surface area contributed by atoms with E-state index in [4.69, 9.17) is 15.0 Å². The highest BCUT2D eigenvalue weighted by Gasteiger charge is 2.37. The highest BCUT2D eigenvalue weighted by atomic mass is 32.1. The van der Waals surface area contributed by atoms with Crippen LogP contribution in [0, 0.1) is 0 Å². The van der Waals surface area contributed by atoms with Gasteiger partial charge in [-0.3, -0.25) is 0 Å². The Labute approximate surface area is 279 Å². The van der Waals surface area contributed by atoms with E-state index in [1.54, 1.807) is 11.3 Å². The number of rotatable bonds is 3. The Morgan fingerprint density at radius 3 is 1.87 bits per heavy atom. The average molecular weight is 638 g/mol. The van der Waals surface area contributed by atoms with Gasteiger partial charge in [-0.25, -0.2) is 15.0 Å². The number of hydrogen-bond donors (Lipinski definition) is 0. The van der Waals surface area contributed by atoms with Crippen molar-refractivity contribution in [2.24, 2.45) is 0 Å². The first-order valence-electron chi connectivity index (χ1n) is 15.9. The first-order chi connectivity index (χ1) is 23.0. The molecule has 5 heteroatoms. The van der Waals surface area contributed by atoms with Crippen LogP contribution in [0.25, 0.3) is 85.6 Å². The number of nitrogens with zero attached hydrogens (tertiary/aromatic N) is 3. The third-order valence-corrected chi connectivity index (χ3v) is 12.1. The highest BCUT2D eigenvalue weighted by molar-refractivity contribution is 7.26. The molecule has 3 nitrogen and oxygen atoms in total. The van der Waals surface area contributed by atoms with Crippen LogP contribution in [0.3, 0.4) is 0 Å². The van der Waals surface area contributed by atoms with Gasteiger partial charge in [0, 0.05) is 62.4 Å². The molecule has 0 spiro atoms. The van der Waals surface area contributed by atoms with Crippen molar-refractivity contribution in [3.8, 4) is 45.3 Å². The summed E-state index contributed by atoms with van der Waals surface area (Å²) in [6.07, 6.45) is 0. The molecule has 0 amide bonds. The molecule has 0 unspecified atom stereocenters. The minimum atomic E-state index is -0.116. The molecule has 47 heavy (non-hydrogen) atoms. The van der Waals surface area contributed by atoms with Crippen molar-refractivity contribution < 1.29 is 0 Å². The zero-order valence-corrected chi connectivity index (χ0v) is 27.4. The molecular weight excluding hydrogens is 611 g/mol. The van der Waals surface area contributed by atoms with Gasteiger partial charge in [0.2, 0.25) is 0 Å². The van der Waals surface area contributed by atoms with Crippen LogP contribution >= 0.6 is 22.7 Å². The minimum absolute atomic E-state index is 0.116. The summed E-state index contributed by atoms with van der Waals surface area (Å²) in [7, 11) is 0. The quantitative estimate of drug-likeness (QED) is 0.193. The molecule has 1 aliphatic carbocycles. The van der Waals surface area contributed by atoms with Crippen molar-refractivity contribution in [3.05, 3.63) is 139 Å². The monoisotopic (exact) mass is 637 g/mol. The molecule has 222 valence electrons. The van der Waals surface area contributed by atoms with Crippen LogP contribution in [0.1, 0.15) is 25.0 Å². The molecule has 3 aromatic heterocycles. The normalized spacial score (nSPS) is 13.5. The molecule has 0 atom stereocenters. The topological polar surface area (TPSA) is 38.7 Å². The maximum atomic E-state index is 5.30. The van der Waals surface area contributed by atoms with Gasteiger partial charge in [0.05, 0.1) is 0 Å². The minimum Gasteiger partial charge on any atom is -0.208 e. The fourth-order valence-corrected chi connectivity index (χ4v) is 9.83. The third kappa shape index (κ3) is 3.94. The van der Waals surface area contributed by atoms with Gasteiger partial charge < -0.3 is 0 Å². The van der Waals surface area contributed by atoms with E-state index in [0.29, 0.717) is 17.5 Å². The molecule has 0 saturated heterocycles. The van der Waals surface area contributed by atoms with Gasteiger partial charge in [-0.2, -0.15) is 0 Å². The molecule has 1 aliphatic rings. The van der Waals surface area contributed by atoms with E-state index in [9.17, 15) is 0 Å². The molecule has 9 aromatic rings. The maximum absolute atomic E-state index is 5.30. The smallest absolute Gasteiger partial charge is 0.165 e. The molecule has 6 aromatic carbocycles. The van der Waals surface area contributed by atoms with Gasteiger partial charge in [-0.05, 0) is 46.5 Å². The van der Waals surface area contributed by atoms with E-state index in [2.05, 4.69) is 141 Å². The molecule has 3 heterocycles. The molecule has 0 radical (unpaired) electrons. The summed E-state index contributed by atoms with van der Waals surface area (Å²) in [4.78, 5) is 15.8. The number of fused-ring (bicyclic) bond motifs is 9. The van der Waals surface area contributed by atoms with E-state index >= 15 is 0 Å². The number of benzene rings is 6. The fourth-order valence-electron chi connectivity index (χ4n) is 7.48. The van der Waals surface area contributed by atoms with Crippen LogP contribution in [0.2, 0.25) is 0 Å². The standard InChI is InChI=1S/C42H27N3S2/c1-42(2)32-17-6-3-13-29(32)37-30(15-10-18-33(37)42)40-43-39(24-21-22-27-25-11-4-7-19-34(25)46-36(27)23-24)44-41(45-40)31-16-9-14-28-26-12-5-8-20-35(26)47-38(28)31/h3-23H,1-2H3. The Hall–Kier alpha value is -5.23. The summed E-state index contributed by atoms with van der Waals surface area (Å²) in [5.74, 6) is 2.08. The lowest BCUT2D eigenvalue weighted by Crippen LogP contribution is -2.14. The summed E-state index contributed by atoms with van der Waals surface area (Å²) in [6, 6.07) is 45.7. The van der Waals surface area contributed by atoms with Crippen LogP contribution in [0.4, 0.5) is 0 Å². The number of aromatic nitrogens is 3. The van der Waals surface area contributed by atoms with E-state index < -0.39 is 0 Å². The SMILES string of the molecule is CC1(C)c2ccccc2-c2c(-c3nc(-c4ccc5c(c4)sc4ccccc45)nc(-c4cccc5c4sc4ccccc45)n3)cccc21. The second-order valence-electron chi connectivity index (χ2n) is 12.8. The van der Waals surface area contributed by atoms with Gasteiger partial charge in [-0.15, -0.1) is 22.7 Å². The summed E-state index contributed by atoms with van der Waals surface area (Å²) in [5.41, 5.74) is 8.06. The van der Waals surface area contributed by atoms with E-state index in [1.165, 1.54) is 62.6 Å². The van der Waals surface area contributed by atoms with Crippen LogP contribution < -0.4 is 0 Å². The second-order valence-corrected chi connectivity index (χ2v) is 14.9. The zero-order chi connectivity index (χ0) is 31.3. The van der Waals surface area contributed by atoms with Gasteiger partial charge >= 0.3 is 0 Å². The van der Waals surface area contributed by atoms with Crippen LogP contribution in [-0.2, 0) is 5.41 Å². The van der Waals surface area contributed by atoms with E-state index in [1.807, 2.05) is 11.3 Å². The number of thiophene rings is 2. The van der Waals surface area contributed by atoms with E-state index in [-0.39, 0.29) is 5.41 Å². The maximum Gasteiger partial charge on any atom is 0.165 e. The molecule has 0 saturated carbocycles. The lowest BCUT2D eigenvalue weighted by molar-refractivity contribution is 0.660. The molecule has 10 rings (SSSR count). The first kappa shape index (κ1) is 26.9. The van der Waals surface area contributed by atoms with Crippen LogP contribution in [-0.4, -0.2) is 15.0 Å². The summed E-state index contributed by atoms with van der Waals surface area (Å²) >= 11 is 3.62. The van der Waals surface area contributed by atoms with Crippen molar-refractivity contribution in [2.45, 2.75) is 19.3 Å². The second kappa shape index (κ2) is 9.88. The summed E-state index contributed by atoms with van der Waals surface area (Å²) in [6.45, 7) is 4.63. The highest BCUT2D eigenvalue weighted by Crippen LogP contribution is 2.52. The fraction of sp³-hybridized carbons (Fsp3) is 0.0714. The average Bonchev–Trinajstić information content (AvgIpc) is 3.76. The van der Waals surface area contributed by atoms with Gasteiger partial charge in [0.15, 0.2) is 17.5 Å². The Bertz CT molecular complexity index is 2730. The molecule has 0 N–H and O–H groups in total. The molecule has 0 bridgehead atoms.